The number of aryl methyl sites for hydroxylation is 1. The van der Waals surface area contributed by atoms with Crippen molar-refractivity contribution >= 4 is 15.7 Å². The van der Waals surface area contributed by atoms with Gasteiger partial charge < -0.3 is 10.7 Å². The fourth-order valence-electron chi connectivity index (χ4n) is 2.40. The maximum atomic E-state index is 12.1. The number of nitrogens with zero attached hydrogens (tertiary/aromatic N) is 1. The van der Waals surface area contributed by atoms with Gasteiger partial charge in [-0.1, -0.05) is 6.07 Å². The zero-order valence-corrected chi connectivity index (χ0v) is 10.9. The molecule has 3 rings (SSSR count). The van der Waals surface area contributed by atoms with E-state index in [4.69, 9.17) is 5.73 Å². The van der Waals surface area contributed by atoms with Crippen molar-refractivity contribution in [1.29, 1.82) is 0 Å². The molecule has 7 heteroatoms. The second-order valence-corrected chi connectivity index (χ2v) is 6.27. The fourth-order valence-corrected chi connectivity index (χ4v) is 3.55. The number of nitrogens with two attached hydrogens (primary N) is 1. The molecule has 1 aliphatic rings. The van der Waals surface area contributed by atoms with Crippen LogP contribution in [0.15, 0.2) is 35.7 Å². The predicted octanol–water partition coefficient (Wildman–Crippen LogP) is 0.958. The highest BCUT2D eigenvalue weighted by Gasteiger charge is 2.28. The summed E-state index contributed by atoms with van der Waals surface area (Å²) >= 11 is 0. The molecule has 0 radical (unpaired) electrons. The molecule has 0 saturated carbocycles. The Balaban J connectivity index is 1.88. The van der Waals surface area contributed by atoms with Gasteiger partial charge in [-0.2, -0.15) is 0 Å². The third-order valence-corrected chi connectivity index (χ3v) is 4.70. The topological polar surface area (TPSA) is 101 Å². The Morgan fingerprint density at radius 3 is 3.00 bits per heavy atom. The molecule has 0 bridgehead atoms. The minimum Gasteiger partial charge on any atom is -0.399 e. The summed E-state index contributed by atoms with van der Waals surface area (Å²) in [6, 6.07) is 5.38. The Morgan fingerprint density at radius 1 is 1.42 bits per heavy atom. The monoisotopic (exact) mass is 278 g/mol. The number of sulfonamides is 1. The molecule has 1 aliphatic carbocycles. The number of H-pyrrole nitrogens is 1. The number of nitrogens with one attached hydrogen (secondary N) is 2. The van der Waals surface area contributed by atoms with Gasteiger partial charge in [0, 0.05) is 11.7 Å². The van der Waals surface area contributed by atoms with Gasteiger partial charge in [0.2, 0.25) is 0 Å². The van der Waals surface area contributed by atoms with Crippen LogP contribution in [0.1, 0.15) is 23.6 Å². The third-order valence-electron chi connectivity index (χ3n) is 3.30. The van der Waals surface area contributed by atoms with Gasteiger partial charge in [0.15, 0.2) is 5.03 Å². The van der Waals surface area contributed by atoms with Crippen molar-refractivity contribution in [2.75, 3.05) is 5.73 Å². The van der Waals surface area contributed by atoms with Gasteiger partial charge in [0.05, 0.1) is 12.5 Å². The lowest BCUT2D eigenvalue weighted by molar-refractivity contribution is 0.551. The Kier molecular flexibility index (Phi) is 2.79. The minimum atomic E-state index is -3.55. The lowest BCUT2D eigenvalue weighted by Crippen LogP contribution is -2.27. The standard InChI is InChI=1S/C12H14N4O2S/c13-9-2-3-10-8(5-9)1-4-11(10)16-19(17,18)12-6-14-7-15-12/h2-3,5-7,11,16H,1,4,13H2,(H,14,15). The van der Waals surface area contributed by atoms with Gasteiger partial charge in [-0.15, -0.1) is 0 Å². The average Bonchev–Trinajstić information content (AvgIpc) is 2.98. The summed E-state index contributed by atoms with van der Waals surface area (Å²) in [6.07, 6.45) is 4.21. The van der Waals surface area contributed by atoms with E-state index in [0.717, 1.165) is 24.0 Å². The number of anilines is 1. The Hall–Kier alpha value is -1.86. The van der Waals surface area contributed by atoms with Crippen molar-refractivity contribution < 1.29 is 8.42 Å². The second kappa shape index (κ2) is 4.36. The number of imidazole rings is 1. The van der Waals surface area contributed by atoms with Gasteiger partial charge in [0.25, 0.3) is 10.0 Å². The molecule has 0 amide bonds. The summed E-state index contributed by atoms with van der Waals surface area (Å²) in [5.41, 5.74) is 8.54. The Morgan fingerprint density at radius 2 is 2.26 bits per heavy atom. The molecule has 0 spiro atoms. The van der Waals surface area contributed by atoms with Crippen LogP contribution < -0.4 is 10.5 Å². The highest BCUT2D eigenvalue weighted by atomic mass is 32.2. The summed E-state index contributed by atoms with van der Waals surface area (Å²) in [7, 11) is -3.55. The lowest BCUT2D eigenvalue weighted by Gasteiger charge is -2.13. The van der Waals surface area contributed by atoms with E-state index in [0.29, 0.717) is 5.69 Å². The molecule has 100 valence electrons. The van der Waals surface area contributed by atoms with Crippen LogP contribution in [-0.2, 0) is 16.4 Å². The van der Waals surface area contributed by atoms with Gasteiger partial charge >= 0.3 is 0 Å². The van der Waals surface area contributed by atoms with Gasteiger partial charge in [0.1, 0.15) is 0 Å². The molecule has 0 aliphatic heterocycles. The fraction of sp³-hybridized carbons (Fsp3) is 0.250. The zero-order valence-electron chi connectivity index (χ0n) is 10.1. The van der Waals surface area contributed by atoms with Crippen LogP contribution in [0.3, 0.4) is 0 Å². The van der Waals surface area contributed by atoms with Crippen LogP contribution in [0.4, 0.5) is 5.69 Å². The predicted molar refractivity (Wildman–Crippen MR) is 70.8 cm³/mol. The summed E-state index contributed by atoms with van der Waals surface area (Å²) in [5.74, 6) is 0. The van der Waals surface area contributed by atoms with Gasteiger partial charge in [-0.25, -0.2) is 18.1 Å². The number of fused-ring (bicyclic) bond motifs is 1. The maximum absolute atomic E-state index is 12.1. The first-order valence-electron chi connectivity index (χ1n) is 5.95. The Bertz CT molecular complexity index is 695. The number of nitrogen functional groups attached to an aromatic ring is 1. The summed E-state index contributed by atoms with van der Waals surface area (Å²) in [4.78, 5) is 6.33. The Labute approximate surface area is 111 Å². The minimum absolute atomic E-state index is 0.0800. The van der Waals surface area contributed by atoms with Gasteiger partial charge in [-0.3, -0.25) is 0 Å². The number of hydrogen-bond donors (Lipinski definition) is 3. The first kappa shape index (κ1) is 12.2. The molecule has 2 aromatic rings. The van der Waals surface area contributed by atoms with Crippen molar-refractivity contribution in [2.24, 2.45) is 0 Å². The lowest BCUT2D eigenvalue weighted by atomic mass is 10.1. The van der Waals surface area contributed by atoms with Crippen molar-refractivity contribution in [2.45, 2.75) is 23.9 Å². The van der Waals surface area contributed by atoms with E-state index < -0.39 is 10.0 Å². The van der Waals surface area contributed by atoms with Crippen molar-refractivity contribution in [3.8, 4) is 0 Å². The van der Waals surface area contributed by atoms with Crippen LogP contribution in [0.25, 0.3) is 0 Å². The third kappa shape index (κ3) is 2.22. The van der Waals surface area contributed by atoms with E-state index in [9.17, 15) is 8.42 Å². The van der Waals surface area contributed by atoms with Crippen LogP contribution in [0.5, 0.6) is 0 Å². The van der Waals surface area contributed by atoms with E-state index in [1.165, 1.54) is 12.5 Å². The first-order valence-corrected chi connectivity index (χ1v) is 7.43. The van der Waals surface area contributed by atoms with E-state index in [2.05, 4.69) is 14.7 Å². The normalized spacial score (nSPS) is 18.4. The van der Waals surface area contributed by atoms with Crippen LogP contribution >= 0.6 is 0 Å². The highest BCUT2D eigenvalue weighted by Crippen LogP contribution is 2.33. The largest absolute Gasteiger partial charge is 0.399 e. The summed E-state index contributed by atoms with van der Waals surface area (Å²) in [5, 5.41) is 0.0800. The van der Waals surface area contributed by atoms with Gasteiger partial charge in [-0.05, 0) is 36.1 Å². The number of hydrogen-bond acceptors (Lipinski definition) is 4. The highest BCUT2D eigenvalue weighted by molar-refractivity contribution is 7.89. The van der Waals surface area contributed by atoms with E-state index in [-0.39, 0.29) is 11.1 Å². The average molecular weight is 278 g/mol. The van der Waals surface area contributed by atoms with Crippen molar-refractivity contribution in [1.82, 2.24) is 14.7 Å². The van der Waals surface area contributed by atoms with Crippen LogP contribution in [0.2, 0.25) is 0 Å². The number of aromatic amines is 1. The molecule has 6 nitrogen and oxygen atoms in total. The van der Waals surface area contributed by atoms with Crippen LogP contribution in [0, 0.1) is 0 Å². The zero-order chi connectivity index (χ0) is 13.5. The molecular formula is C12H14N4O2S. The summed E-state index contributed by atoms with van der Waals surface area (Å²) < 4.78 is 26.9. The molecule has 1 unspecified atom stereocenters. The summed E-state index contributed by atoms with van der Waals surface area (Å²) in [6.45, 7) is 0. The molecule has 1 aromatic carbocycles. The number of aromatic nitrogens is 2. The van der Waals surface area contributed by atoms with Crippen LogP contribution in [-0.4, -0.2) is 18.4 Å². The molecule has 0 fully saturated rings. The smallest absolute Gasteiger partial charge is 0.258 e. The molecule has 0 saturated heterocycles. The number of rotatable bonds is 3. The quantitative estimate of drug-likeness (QED) is 0.728. The van der Waals surface area contributed by atoms with E-state index >= 15 is 0 Å². The molecule has 1 atom stereocenters. The molecular weight excluding hydrogens is 264 g/mol. The SMILES string of the molecule is Nc1ccc2c(c1)CCC2NS(=O)(=O)c1cnc[nH]1. The molecule has 1 aromatic heterocycles. The second-order valence-electron chi connectivity index (χ2n) is 4.59. The first-order chi connectivity index (χ1) is 9.06. The molecule has 19 heavy (non-hydrogen) atoms. The van der Waals surface area contributed by atoms with E-state index in [1.807, 2.05) is 12.1 Å². The van der Waals surface area contributed by atoms with Crippen molar-refractivity contribution in [3.05, 3.63) is 41.9 Å². The maximum Gasteiger partial charge on any atom is 0.258 e. The number of benzene rings is 1. The molecule has 1 heterocycles. The van der Waals surface area contributed by atoms with E-state index in [1.54, 1.807) is 6.07 Å². The molecule has 4 N–H and O–H groups in total. The van der Waals surface area contributed by atoms with Crippen molar-refractivity contribution in [3.63, 3.8) is 0 Å².